The Morgan fingerprint density at radius 3 is 2.45 bits per heavy atom. The van der Waals surface area contributed by atoms with Gasteiger partial charge in [0.25, 0.3) is 5.91 Å². The molecule has 0 spiro atoms. The second-order valence-electron chi connectivity index (χ2n) is 8.56. The van der Waals surface area contributed by atoms with Crippen molar-refractivity contribution in [2.75, 3.05) is 19.8 Å². The third-order valence-corrected chi connectivity index (χ3v) is 6.38. The molecule has 0 bridgehead atoms. The normalized spacial score (nSPS) is 17.2. The van der Waals surface area contributed by atoms with E-state index in [9.17, 15) is 9.90 Å². The highest BCUT2D eigenvalue weighted by Gasteiger charge is 2.31. The van der Waals surface area contributed by atoms with Crippen LogP contribution in [-0.2, 0) is 11.3 Å². The summed E-state index contributed by atoms with van der Waals surface area (Å²) in [6.45, 7) is 2.15. The fourth-order valence-electron chi connectivity index (χ4n) is 4.67. The molecule has 1 aliphatic heterocycles. The summed E-state index contributed by atoms with van der Waals surface area (Å²) in [5.74, 6) is -0.00780. The number of carbonyl (C=O) groups is 1. The van der Waals surface area contributed by atoms with E-state index in [4.69, 9.17) is 4.74 Å². The van der Waals surface area contributed by atoms with E-state index >= 15 is 0 Å². The maximum atomic E-state index is 13.8. The highest BCUT2D eigenvalue weighted by Crippen LogP contribution is 2.28. The van der Waals surface area contributed by atoms with Crippen molar-refractivity contribution in [3.05, 3.63) is 108 Å². The average Bonchev–Trinajstić information content (AvgIpc) is 3.23. The molecule has 1 amide bonds. The first kappa shape index (κ1) is 21.4. The first-order chi connectivity index (χ1) is 16.2. The van der Waals surface area contributed by atoms with Crippen LogP contribution in [0.5, 0.6) is 0 Å². The molecule has 1 fully saturated rings. The molecule has 2 atom stereocenters. The Morgan fingerprint density at radius 2 is 1.67 bits per heavy atom. The number of rotatable bonds is 6. The molecule has 168 valence electrons. The average molecular weight is 441 g/mol. The van der Waals surface area contributed by atoms with Gasteiger partial charge >= 0.3 is 0 Å². The van der Waals surface area contributed by atoms with E-state index in [-0.39, 0.29) is 11.9 Å². The van der Waals surface area contributed by atoms with Crippen molar-refractivity contribution in [1.82, 2.24) is 9.47 Å². The summed E-state index contributed by atoms with van der Waals surface area (Å²) < 4.78 is 7.84. The predicted octanol–water partition coefficient (Wildman–Crippen LogP) is 4.65. The van der Waals surface area contributed by atoms with Gasteiger partial charge in [0, 0.05) is 36.6 Å². The third kappa shape index (κ3) is 4.56. The van der Waals surface area contributed by atoms with Crippen molar-refractivity contribution in [2.24, 2.45) is 0 Å². The van der Waals surface area contributed by atoms with Gasteiger partial charge in [-0.05, 0) is 17.2 Å². The van der Waals surface area contributed by atoms with Gasteiger partial charge in [-0.3, -0.25) is 4.79 Å². The summed E-state index contributed by atoms with van der Waals surface area (Å²) in [6.07, 6.45) is 1.77. The molecule has 3 aromatic carbocycles. The number of fused-ring (bicyclic) bond motifs is 1. The molecule has 5 rings (SSSR count). The first-order valence-electron chi connectivity index (χ1n) is 11.4. The summed E-state index contributed by atoms with van der Waals surface area (Å²) >= 11 is 0. The van der Waals surface area contributed by atoms with E-state index in [1.807, 2.05) is 77.8 Å². The Morgan fingerprint density at radius 1 is 0.970 bits per heavy atom. The maximum absolute atomic E-state index is 13.8. The number of carbonyl (C=O) groups excluding carboxylic acids is 1. The van der Waals surface area contributed by atoms with Crippen molar-refractivity contribution in [2.45, 2.75) is 25.1 Å². The van der Waals surface area contributed by atoms with Crippen molar-refractivity contribution in [3.63, 3.8) is 0 Å². The highest BCUT2D eigenvalue weighted by molar-refractivity contribution is 6.07. The second kappa shape index (κ2) is 9.61. The van der Waals surface area contributed by atoms with Crippen LogP contribution in [-0.4, -0.2) is 46.3 Å². The number of hydrogen-bond acceptors (Lipinski definition) is 3. The van der Waals surface area contributed by atoms with Gasteiger partial charge in [0.15, 0.2) is 0 Å². The fraction of sp³-hybridized carbons (Fsp3) is 0.250. The lowest BCUT2D eigenvalue weighted by Crippen LogP contribution is -2.49. The van der Waals surface area contributed by atoms with Crippen LogP contribution in [0.1, 0.15) is 34.0 Å². The fourth-order valence-corrected chi connectivity index (χ4v) is 4.67. The lowest BCUT2D eigenvalue weighted by atomic mass is 10.00. The van der Waals surface area contributed by atoms with Gasteiger partial charge in [0.1, 0.15) is 0 Å². The number of aliphatic hydroxyl groups is 1. The van der Waals surface area contributed by atoms with Gasteiger partial charge < -0.3 is 19.3 Å². The molecule has 0 aliphatic carbocycles. The quantitative estimate of drug-likeness (QED) is 0.475. The van der Waals surface area contributed by atoms with E-state index in [1.54, 1.807) is 0 Å². The molecule has 1 saturated heterocycles. The van der Waals surface area contributed by atoms with E-state index in [0.717, 1.165) is 16.5 Å². The number of hydrogen-bond donors (Lipinski definition) is 1. The van der Waals surface area contributed by atoms with Gasteiger partial charge in [-0.1, -0.05) is 78.9 Å². The molecule has 5 heteroatoms. The van der Waals surface area contributed by atoms with Crippen LogP contribution >= 0.6 is 0 Å². The first-order valence-corrected chi connectivity index (χ1v) is 11.4. The number of nitrogens with zero attached hydrogens (tertiary/aromatic N) is 2. The Bertz CT molecular complexity index is 1220. The number of ether oxygens (including phenoxy) is 1. The molecule has 1 aromatic heterocycles. The molecule has 4 aromatic rings. The minimum absolute atomic E-state index is 0.00780. The molecule has 33 heavy (non-hydrogen) atoms. The number of amides is 1. The van der Waals surface area contributed by atoms with Crippen molar-refractivity contribution in [3.8, 4) is 0 Å². The molecule has 5 nitrogen and oxygen atoms in total. The number of para-hydroxylation sites is 1. The van der Waals surface area contributed by atoms with Crippen LogP contribution in [0.2, 0.25) is 0 Å². The van der Waals surface area contributed by atoms with E-state index < -0.39 is 6.10 Å². The monoisotopic (exact) mass is 440 g/mol. The third-order valence-electron chi connectivity index (χ3n) is 6.38. The minimum Gasteiger partial charge on any atom is -0.388 e. The van der Waals surface area contributed by atoms with Crippen LogP contribution in [0.4, 0.5) is 0 Å². The number of benzene rings is 3. The van der Waals surface area contributed by atoms with Crippen molar-refractivity contribution in [1.29, 1.82) is 0 Å². The SMILES string of the molecule is O=C(c1cn(Cc2ccccc2)c2ccccc12)N1CCOCC1CC(O)c1ccccc1. The van der Waals surface area contributed by atoms with Crippen LogP contribution in [0, 0.1) is 0 Å². The van der Waals surface area contributed by atoms with Crippen molar-refractivity contribution >= 4 is 16.8 Å². The lowest BCUT2D eigenvalue weighted by molar-refractivity contribution is -0.0173. The van der Waals surface area contributed by atoms with Gasteiger partial charge in [0.2, 0.25) is 0 Å². The Labute approximate surface area is 193 Å². The molecular weight excluding hydrogens is 412 g/mol. The Hall–Kier alpha value is -3.41. The molecule has 0 radical (unpaired) electrons. The molecule has 0 saturated carbocycles. The van der Waals surface area contributed by atoms with Gasteiger partial charge in [-0.25, -0.2) is 0 Å². The highest BCUT2D eigenvalue weighted by atomic mass is 16.5. The molecule has 2 heterocycles. The zero-order valence-electron chi connectivity index (χ0n) is 18.5. The molecule has 2 unspecified atom stereocenters. The van der Waals surface area contributed by atoms with Gasteiger partial charge in [-0.2, -0.15) is 0 Å². The predicted molar refractivity (Wildman–Crippen MR) is 129 cm³/mol. The zero-order chi connectivity index (χ0) is 22.6. The smallest absolute Gasteiger partial charge is 0.256 e. The van der Waals surface area contributed by atoms with Crippen molar-refractivity contribution < 1.29 is 14.6 Å². The summed E-state index contributed by atoms with van der Waals surface area (Å²) in [5, 5.41) is 11.7. The number of morpholine rings is 1. The van der Waals surface area contributed by atoms with Gasteiger partial charge in [-0.15, -0.1) is 0 Å². The topological polar surface area (TPSA) is 54.7 Å². The summed E-state index contributed by atoms with van der Waals surface area (Å²) in [7, 11) is 0. The molecule has 1 N–H and O–H groups in total. The maximum Gasteiger partial charge on any atom is 0.256 e. The summed E-state index contributed by atoms with van der Waals surface area (Å²) in [4.78, 5) is 15.7. The minimum atomic E-state index is -0.646. The van der Waals surface area contributed by atoms with E-state index in [0.29, 0.717) is 38.3 Å². The number of aromatic nitrogens is 1. The second-order valence-corrected chi connectivity index (χ2v) is 8.56. The van der Waals surface area contributed by atoms with Crippen LogP contribution in [0.3, 0.4) is 0 Å². The molecule has 1 aliphatic rings. The number of aliphatic hydroxyl groups excluding tert-OH is 1. The summed E-state index contributed by atoms with van der Waals surface area (Å²) in [6, 6.07) is 27.7. The van der Waals surface area contributed by atoms with Gasteiger partial charge in [0.05, 0.1) is 30.9 Å². The Kier molecular flexibility index (Phi) is 6.24. The van der Waals surface area contributed by atoms with Crippen LogP contribution in [0.25, 0.3) is 10.9 Å². The lowest BCUT2D eigenvalue weighted by Gasteiger charge is -2.36. The Balaban J connectivity index is 1.43. The summed E-state index contributed by atoms with van der Waals surface area (Å²) in [5.41, 5.74) is 3.78. The van der Waals surface area contributed by atoms with Crippen LogP contribution < -0.4 is 0 Å². The van der Waals surface area contributed by atoms with E-state index in [2.05, 4.69) is 22.8 Å². The standard InChI is InChI=1S/C28H28N2O3/c31-27(22-11-5-2-6-12-22)17-23-20-33-16-15-30(23)28(32)25-19-29(18-21-9-3-1-4-10-21)26-14-8-7-13-24(25)26/h1-14,19,23,27,31H,15-18,20H2. The largest absolute Gasteiger partial charge is 0.388 e. The molecular formula is C28H28N2O3. The zero-order valence-corrected chi connectivity index (χ0v) is 18.5. The van der Waals surface area contributed by atoms with Crippen LogP contribution in [0.15, 0.2) is 91.1 Å². The van der Waals surface area contributed by atoms with E-state index in [1.165, 1.54) is 5.56 Å².